The Kier molecular flexibility index (Phi) is 10.1. The summed E-state index contributed by atoms with van der Waals surface area (Å²) in [6, 6.07) is 0. The fourth-order valence-corrected chi connectivity index (χ4v) is 0.720. The van der Waals surface area contributed by atoms with Gasteiger partial charge in [-0.3, -0.25) is 0 Å². The molecule has 0 bridgehead atoms. The van der Waals surface area contributed by atoms with Crippen molar-refractivity contribution in [2.75, 3.05) is 0 Å². The molecule has 0 amide bonds. The summed E-state index contributed by atoms with van der Waals surface area (Å²) in [7, 11) is 0. The van der Waals surface area contributed by atoms with E-state index >= 15 is 0 Å². The van der Waals surface area contributed by atoms with Crippen LogP contribution in [0.3, 0.4) is 0 Å². The molecule has 0 aromatic heterocycles. The summed E-state index contributed by atoms with van der Waals surface area (Å²) in [5.74, 6) is -1.10. The lowest BCUT2D eigenvalue weighted by atomic mass is 10.1. The van der Waals surface area contributed by atoms with Crippen LogP contribution in [0.25, 0.3) is 0 Å². The summed E-state index contributed by atoms with van der Waals surface area (Å²) < 4.78 is 0. The van der Waals surface area contributed by atoms with E-state index in [1.165, 1.54) is 6.92 Å². The van der Waals surface area contributed by atoms with Crippen molar-refractivity contribution in [3.63, 3.8) is 0 Å². The second-order valence-corrected chi connectivity index (χ2v) is 4.25. The molecule has 4 nitrogen and oxygen atoms in total. The van der Waals surface area contributed by atoms with Gasteiger partial charge in [-0.2, -0.15) is 0 Å². The van der Waals surface area contributed by atoms with E-state index in [2.05, 4.69) is 20.4 Å². The fourth-order valence-electron chi connectivity index (χ4n) is 0.720. The highest BCUT2D eigenvalue weighted by molar-refractivity contribution is 5.85. The van der Waals surface area contributed by atoms with Crippen LogP contribution in [0.4, 0.5) is 0 Å². The van der Waals surface area contributed by atoms with E-state index in [0.29, 0.717) is 11.5 Å². The SMILES string of the molecule is C=C(C)C(=O)O.CC(=CCCC(C)C)C(=O)O. The molecule has 0 aliphatic carbocycles. The van der Waals surface area contributed by atoms with Crippen LogP contribution in [0.2, 0.25) is 0 Å². The average molecular weight is 242 g/mol. The molecule has 0 aliphatic rings. The number of hydrogen-bond acceptors (Lipinski definition) is 2. The molecular weight excluding hydrogens is 220 g/mol. The number of carboxylic acid groups (broad SMARTS) is 2. The van der Waals surface area contributed by atoms with Crippen LogP contribution in [0.5, 0.6) is 0 Å². The number of rotatable bonds is 5. The van der Waals surface area contributed by atoms with Crippen LogP contribution < -0.4 is 0 Å². The third-order valence-corrected chi connectivity index (χ3v) is 1.90. The largest absolute Gasteiger partial charge is 0.478 e. The zero-order valence-corrected chi connectivity index (χ0v) is 11.0. The Hall–Kier alpha value is -1.58. The van der Waals surface area contributed by atoms with Crippen LogP contribution in [0.15, 0.2) is 23.8 Å². The topological polar surface area (TPSA) is 74.6 Å². The van der Waals surface area contributed by atoms with Gasteiger partial charge in [-0.05, 0) is 32.6 Å². The van der Waals surface area contributed by atoms with Gasteiger partial charge in [-0.25, -0.2) is 9.59 Å². The summed E-state index contributed by atoms with van der Waals surface area (Å²) in [4.78, 5) is 19.9. The van der Waals surface area contributed by atoms with Gasteiger partial charge in [0, 0.05) is 11.1 Å². The van der Waals surface area contributed by atoms with E-state index in [9.17, 15) is 9.59 Å². The van der Waals surface area contributed by atoms with Crippen LogP contribution in [-0.4, -0.2) is 22.2 Å². The first-order chi connectivity index (χ1) is 7.68. The van der Waals surface area contributed by atoms with Gasteiger partial charge in [0.15, 0.2) is 0 Å². The predicted molar refractivity (Wildman–Crippen MR) is 67.9 cm³/mol. The Labute approximate surface area is 103 Å². The number of hydrogen-bond donors (Lipinski definition) is 2. The molecule has 0 rings (SSSR count). The van der Waals surface area contributed by atoms with E-state index < -0.39 is 11.9 Å². The molecule has 0 saturated carbocycles. The predicted octanol–water partition coefficient (Wildman–Crippen LogP) is 3.10. The standard InChI is InChI=1S/C9H16O2.C4H6O2/c1-7(2)5-4-6-8(3)9(10)11;1-3(2)4(5)6/h6-7H,4-5H2,1-3H3,(H,10,11);1H2,2H3,(H,5,6). The summed E-state index contributed by atoms with van der Waals surface area (Å²) >= 11 is 0. The van der Waals surface area contributed by atoms with Crippen molar-refractivity contribution in [1.29, 1.82) is 0 Å². The maximum atomic E-state index is 10.3. The van der Waals surface area contributed by atoms with Crippen molar-refractivity contribution in [3.05, 3.63) is 23.8 Å². The first-order valence-electron chi connectivity index (χ1n) is 5.47. The summed E-state index contributed by atoms with van der Waals surface area (Å²) in [5.41, 5.74) is 0.626. The molecule has 0 fully saturated rings. The average Bonchev–Trinajstić information content (AvgIpc) is 2.17. The van der Waals surface area contributed by atoms with E-state index in [4.69, 9.17) is 10.2 Å². The lowest BCUT2D eigenvalue weighted by Crippen LogP contribution is -1.96. The molecule has 2 N–H and O–H groups in total. The van der Waals surface area contributed by atoms with Crippen molar-refractivity contribution in [2.45, 2.75) is 40.5 Å². The molecule has 0 aliphatic heterocycles. The highest BCUT2D eigenvalue weighted by Crippen LogP contribution is 2.06. The van der Waals surface area contributed by atoms with E-state index in [-0.39, 0.29) is 5.57 Å². The molecule has 0 spiro atoms. The van der Waals surface area contributed by atoms with Gasteiger partial charge in [-0.15, -0.1) is 0 Å². The van der Waals surface area contributed by atoms with Crippen molar-refractivity contribution >= 4 is 11.9 Å². The summed E-state index contributed by atoms with van der Waals surface area (Å²) in [5, 5.41) is 16.4. The minimum absolute atomic E-state index is 0.176. The molecule has 0 atom stereocenters. The fraction of sp³-hybridized carbons (Fsp3) is 0.538. The maximum Gasteiger partial charge on any atom is 0.330 e. The van der Waals surface area contributed by atoms with Crippen molar-refractivity contribution < 1.29 is 19.8 Å². The van der Waals surface area contributed by atoms with E-state index in [1.807, 2.05) is 0 Å². The van der Waals surface area contributed by atoms with Gasteiger partial charge >= 0.3 is 11.9 Å². The number of allylic oxidation sites excluding steroid dienone is 1. The lowest BCUT2D eigenvalue weighted by molar-refractivity contribution is -0.133. The quantitative estimate of drug-likeness (QED) is 0.726. The van der Waals surface area contributed by atoms with Crippen molar-refractivity contribution in [3.8, 4) is 0 Å². The molecule has 98 valence electrons. The second kappa shape index (κ2) is 9.63. The molecule has 0 aromatic rings. The first-order valence-corrected chi connectivity index (χ1v) is 5.47. The molecule has 0 saturated heterocycles. The van der Waals surface area contributed by atoms with Crippen molar-refractivity contribution in [1.82, 2.24) is 0 Å². The lowest BCUT2D eigenvalue weighted by Gasteiger charge is -1.99. The summed E-state index contributed by atoms with van der Waals surface area (Å²) in [6.45, 7) is 10.5. The van der Waals surface area contributed by atoms with Crippen LogP contribution in [-0.2, 0) is 9.59 Å². The molecule has 4 heteroatoms. The monoisotopic (exact) mass is 242 g/mol. The van der Waals surface area contributed by atoms with Crippen LogP contribution in [0.1, 0.15) is 40.5 Å². The molecule has 0 unspecified atom stereocenters. The van der Waals surface area contributed by atoms with Gasteiger partial charge < -0.3 is 10.2 Å². The van der Waals surface area contributed by atoms with Crippen molar-refractivity contribution in [2.24, 2.45) is 5.92 Å². The van der Waals surface area contributed by atoms with Crippen LogP contribution >= 0.6 is 0 Å². The summed E-state index contributed by atoms with van der Waals surface area (Å²) in [6.07, 6.45) is 3.71. The number of carboxylic acids is 2. The maximum absolute atomic E-state index is 10.3. The molecule has 0 heterocycles. The van der Waals surface area contributed by atoms with E-state index in [1.54, 1.807) is 13.0 Å². The minimum Gasteiger partial charge on any atom is -0.478 e. The Morgan fingerprint density at radius 2 is 1.59 bits per heavy atom. The Morgan fingerprint density at radius 1 is 1.18 bits per heavy atom. The smallest absolute Gasteiger partial charge is 0.330 e. The third kappa shape index (κ3) is 14.4. The molecule has 17 heavy (non-hydrogen) atoms. The highest BCUT2D eigenvalue weighted by Gasteiger charge is 1.98. The number of aliphatic carboxylic acids is 2. The molecule has 0 radical (unpaired) electrons. The highest BCUT2D eigenvalue weighted by atomic mass is 16.4. The second-order valence-electron chi connectivity index (χ2n) is 4.25. The van der Waals surface area contributed by atoms with Gasteiger partial charge in [0.1, 0.15) is 0 Å². The van der Waals surface area contributed by atoms with Gasteiger partial charge in [0.25, 0.3) is 0 Å². The van der Waals surface area contributed by atoms with Gasteiger partial charge in [0.2, 0.25) is 0 Å². The van der Waals surface area contributed by atoms with E-state index in [0.717, 1.165) is 12.8 Å². The minimum atomic E-state index is -0.935. The van der Waals surface area contributed by atoms with Gasteiger partial charge in [0.05, 0.1) is 0 Å². The molecular formula is C13H22O4. The first kappa shape index (κ1) is 17.8. The Morgan fingerprint density at radius 3 is 1.82 bits per heavy atom. The number of carbonyl (C=O) groups is 2. The van der Waals surface area contributed by atoms with Gasteiger partial charge in [-0.1, -0.05) is 26.5 Å². The Bertz CT molecular complexity index is 289. The Balaban J connectivity index is 0. The third-order valence-electron chi connectivity index (χ3n) is 1.90. The molecule has 0 aromatic carbocycles. The zero-order chi connectivity index (χ0) is 14.0. The normalized spacial score (nSPS) is 10.5. The zero-order valence-electron chi connectivity index (χ0n) is 11.0. The van der Waals surface area contributed by atoms with Crippen LogP contribution in [0, 0.1) is 5.92 Å².